The molecule has 0 aliphatic carbocycles. The van der Waals surface area contributed by atoms with Gasteiger partial charge in [-0.25, -0.2) is 18.7 Å². The standard InChI is InChI=1S/C31H29ClFN5O3/c32-21-11-9-20(10-12-21)28-26(16-19-6-2-1-3-7-19)37-38-29(28)36-18-24(30(38)39)23-14-13-22(33)17-27(23)41-31(40)25(35)8-4-5-15-34/h1-3,6-7,9-14,17-18,25,37H,4-5,8,15-16,34-35H2/t25-/m1/s1. The van der Waals surface area contributed by atoms with Crippen LogP contribution in [-0.4, -0.2) is 33.2 Å². The lowest BCUT2D eigenvalue weighted by Crippen LogP contribution is -2.34. The molecule has 0 fully saturated rings. The Bertz CT molecular complexity index is 1740. The van der Waals surface area contributed by atoms with Crippen molar-refractivity contribution in [2.24, 2.45) is 11.5 Å². The van der Waals surface area contributed by atoms with Gasteiger partial charge in [0.2, 0.25) is 0 Å². The number of benzene rings is 3. The zero-order valence-electron chi connectivity index (χ0n) is 22.1. The van der Waals surface area contributed by atoms with Crippen LogP contribution in [0.15, 0.2) is 83.8 Å². The molecule has 0 unspecified atom stereocenters. The summed E-state index contributed by atoms with van der Waals surface area (Å²) in [6, 6.07) is 19.8. The number of carbonyl (C=O) groups is 1. The molecule has 2 aromatic heterocycles. The molecule has 5 N–H and O–H groups in total. The van der Waals surface area contributed by atoms with Crippen molar-refractivity contribution in [3.8, 4) is 28.0 Å². The van der Waals surface area contributed by atoms with Gasteiger partial charge in [0.15, 0.2) is 5.65 Å². The fourth-order valence-electron chi connectivity index (χ4n) is 4.71. The van der Waals surface area contributed by atoms with Crippen LogP contribution >= 0.6 is 11.6 Å². The lowest BCUT2D eigenvalue weighted by molar-refractivity contribution is -0.136. The normalized spacial score (nSPS) is 12.0. The Morgan fingerprint density at radius 3 is 2.54 bits per heavy atom. The summed E-state index contributed by atoms with van der Waals surface area (Å²) >= 11 is 6.13. The molecule has 5 rings (SSSR count). The van der Waals surface area contributed by atoms with E-state index in [2.05, 4.69) is 10.1 Å². The molecule has 0 bridgehead atoms. The molecule has 8 nitrogen and oxygen atoms in total. The molecule has 10 heteroatoms. The Morgan fingerprint density at radius 1 is 1.05 bits per heavy atom. The van der Waals surface area contributed by atoms with E-state index in [1.165, 1.54) is 22.8 Å². The number of rotatable bonds is 10. The van der Waals surface area contributed by atoms with Gasteiger partial charge in [0, 0.05) is 40.5 Å². The number of ether oxygens (including phenoxy) is 1. The summed E-state index contributed by atoms with van der Waals surface area (Å²) in [5, 5.41) is 3.81. The van der Waals surface area contributed by atoms with Gasteiger partial charge in [-0.1, -0.05) is 60.5 Å². The van der Waals surface area contributed by atoms with Crippen molar-refractivity contribution < 1.29 is 13.9 Å². The van der Waals surface area contributed by atoms with Gasteiger partial charge in [-0.15, -0.1) is 0 Å². The van der Waals surface area contributed by atoms with Crippen LogP contribution in [0.3, 0.4) is 0 Å². The summed E-state index contributed by atoms with van der Waals surface area (Å²) in [4.78, 5) is 31.2. The molecule has 0 spiro atoms. The number of unbranched alkanes of at least 4 members (excludes halogenated alkanes) is 1. The first-order valence-electron chi connectivity index (χ1n) is 13.3. The Morgan fingerprint density at radius 2 is 1.80 bits per heavy atom. The van der Waals surface area contributed by atoms with Crippen molar-refractivity contribution in [3.63, 3.8) is 0 Å². The Hall–Kier alpha value is -4.31. The van der Waals surface area contributed by atoms with E-state index >= 15 is 0 Å². The highest BCUT2D eigenvalue weighted by Gasteiger charge is 2.22. The predicted molar refractivity (Wildman–Crippen MR) is 157 cm³/mol. The number of nitrogens with one attached hydrogen (secondary N) is 1. The van der Waals surface area contributed by atoms with Gasteiger partial charge < -0.3 is 16.2 Å². The zero-order chi connectivity index (χ0) is 28.9. The number of nitrogens with zero attached hydrogens (tertiary/aromatic N) is 2. The van der Waals surface area contributed by atoms with E-state index in [1.807, 2.05) is 42.5 Å². The molecular weight excluding hydrogens is 545 g/mol. The molecule has 0 aliphatic rings. The minimum atomic E-state index is -0.912. The fraction of sp³-hybridized carbons (Fsp3) is 0.194. The lowest BCUT2D eigenvalue weighted by atomic mass is 10.0. The fourth-order valence-corrected chi connectivity index (χ4v) is 4.83. The first kappa shape index (κ1) is 28.2. The van der Waals surface area contributed by atoms with Gasteiger partial charge in [-0.2, -0.15) is 0 Å². The maximum atomic E-state index is 14.2. The third-order valence-corrected chi connectivity index (χ3v) is 7.06. The molecule has 0 saturated carbocycles. The number of esters is 1. The van der Waals surface area contributed by atoms with Crippen LogP contribution in [0.25, 0.3) is 27.9 Å². The smallest absolute Gasteiger partial charge is 0.328 e. The SMILES string of the molecule is NCCCC[C@@H](N)C(=O)Oc1cc(F)ccc1-c1cnc2c(-c3ccc(Cl)cc3)c(Cc3ccccc3)[nH]n2c1=O. The molecule has 5 aromatic rings. The first-order valence-corrected chi connectivity index (χ1v) is 13.6. The molecule has 1 atom stereocenters. The first-order chi connectivity index (χ1) is 19.9. The molecule has 41 heavy (non-hydrogen) atoms. The van der Waals surface area contributed by atoms with Gasteiger partial charge in [-0.05, 0) is 54.8 Å². The summed E-state index contributed by atoms with van der Waals surface area (Å²) in [6.45, 7) is 0.487. The minimum absolute atomic E-state index is 0.114. The predicted octanol–water partition coefficient (Wildman–Crippen LogP) is 5.10. The molecule has 210 valence electrons. The van der Waals surface area contributed by atoms with Crippen LogP contribution in [0.5, 0.6) is 5.75 Å². The highest BCUT2D eigenvalue weighted by Crippen LogP contribution is 2.32. The van der Waals surface area contributed by atoms with Crippen LogP contribution < -0.4 is 21.8 Å². The minimum Gasteiger partial charge on any atom is -0.425 e. The zero-order valence-corrected chi connectivity index (χ0v) is 22.9. The summed E-state index contributed by atoms with van der Waals surface area (Å²) in [5.41, 5.74) is 15.2. The molecule has 0 saturated heterocycles. The molecule has 0 amide bonds. The van der Waals surface area contributed by atoms with E-state index in [4.69, 9.17) is 27.8 Å². The Labute approximate surface area is 240 Å². The molecular formula is C31H29ClFN5O3. The summed E-state index contributed by atoms with van der Waals surface area (Å²) in [6.07, 6.45) is 3.66. The number of hydrogen-bond donors (Lipinski definition) is 3. The van der Waals surface area contributed by atoms with Gasteiger partial charge in [0.1, 0.15) is 17.6 Å². The number of aromatic amines is 1. The monoisotopic (exact) mass is 573 g/mol. The summed E-state index contributed by atoms with van der Waals surface area (Å²) in [7, 11) is 0. The Balaban J connectivity index is 1.59. The van der Waals surface area contributed by atoms with E-state index in [9.17, 15) is 14.0 Å². The van der Waals surface area contributed by atoms with E-state index < -0.39 is 23.4 Å². The van der Waals surface area contributed by atoms with Crippen LogP contribution in [0.1, 0.15) is 30.5 Å². The maximum Gasteiger partial charge on any atom is 0.328 e. The van der Waals surface area contributed by atoms with Crippen molar-refractivity contribution in [2.75, 3.05) is 6.54 Å². The number of hydrogen-bond acceptors (Lipinski definition) is 6. The average Bonchev–Trinajstić information content (AvgIpc) is 3.33. The molecule has 2 heterocycles. The van der Waals surface area contributed by atoms with Gasteiger partial charge in [0.05, 0.1) is 5.56 Å². The third-order valence-electron chi connectivity index (χ3n) is 6.81. The van der Waals surface area contributed by atoms with E-state index in [1.54, 1.807) is 12.1 Å². The van der Waals surface area contributed by atoms with Crippen LogP contribution in [0, 0.1) is 5.82 Å². The highest BCUT2D eigenvalue weighted by molar-refractivity contribution is 6.30. The quantitative estimate of drug-likeness (QED) is 0.121. The molecule has 0 aliphatic heterocycles. The molecule has 0 radical (unpaired) electrons. The second-order valence-corrected chi connectivity index (χ2v) is 10.2. The number of nitrogens with two attached hydrogens (primary N) is 2. The third kappa shape index (κ3) is 6.22. The van der Waals surface area contributed by atoms with Gasteiger partial charge >= 0.3 is 5.97 Å². The number of halogens is 2. The van der Waals surface area contributed by atoms with Crippen LogP contribution in [-0.2, 0) is 11.2 Å². The second-order valence-electron chi connectivity index (χ2n) is 9.72. The van der Waals surface area contributed by atoms with E-state index in [-0.39, 0.29) is 16.9 Å². The lowest BCUT2D eigenvalue weighted by Gasteiger charge is -2.14. The Kier molecular flexibility index (Phi) is 8.58. The van der Waals surface area contributed by atoms with E-state index in [0.29, 0.717) is 36.5 Å². The topological polar surface area (TPSA) is 128 Å². The van der Waals surface area contributed by atoms with Crippen molar-refractivity contribution in [1.29, 1.82) is 0 Å². The summed E-state index contributed by atoms with van der Waals surface area (Å²) in [5.74, 6) is -1.47. The van der Waals surface area contributed by atoms with Crippen molar-refractivity contribution in [1.82, 2.24) is 14.6 Å². The largest absolute Gasteiger partial charge is 0.425 e. The number of aromatic nitrogens is 3. The van der Waals surface area contributed by atoms with Gasteiger partial charge in [-0.3, -0.25) is 9.89 Å². The highest BCUT2D eigenvalue weighted by atomic mass is 35.5. The number of carbonyl (C=O) groups excluding carboxylic acids is 1. The second kappa shape index (κ2) is 12.5. The number of H-pyrrole nitrogens is 1. The number of fused-ring (bicyclic) bond motifs is 1. The summed E-state index contributed by atoms with van der Waals surface area (Å²) < 4.78 is 21.1. The van der Waals surface area contributed by atoms with Crippen molar-refractivity contribution in [2.45, 2.75) is 31.7 Å². The van der Waals surface area contributed by atoms with Crippen LogP contribution in [0.2, 0.25) is 5.02 Å². The van der Waals surface area contributed by atoms with Crippen LogP contribution in [0.4, 0.5) is 4.39 Å². The van der Waals surface area contributed by atoms with E-state index in [0.717, 1.165) is 34.9 Å². The van der Waals surface area contributed by atoms with Gasteiger partial charge in [0.25, 0.3) is 5.56 Å². The van der Waals surface area contributed by atoms with Crippen molar-refractivity contribution in [3.05, 3.63) is 111 Å². The average molecular weight is 574 g/mol. The maximum absolute atomic E-state index is 14.2. The molecule has 3 aromatic carbocycles. The van der Waals surface area contributed by atoms with Crippen molar-refractivity contribution >= 4 is 23.2 Å².